The van der Waals surface area contributed by atoms with Crippen LogP contribution >= 0.6 is 43.2 Å². The van der Waals surface area contributed by atoms with Crippen molar-refractivity contribution in [3.05, 3.63) is 19.2 Å². The minimum Gasteiger partial charge on any atom is -0.324 e. The molecule has 4 heteroatoms. The molecule has 0 amide bonds. The van der Waals surface area contributed by atoms with Gasteiger partial charge < -0.3 is 5.73 Å². The summed E-state index contributed by atoms with van der Waals surface area (Å²) >= 11 is 8.66. The summed E-state index contributed by atoms with van der Waals surface area (Å²) in [7, 11) is 0. The summed E-state index contributed by atoms with van der Waals surface area (Å²) in [5, 5.41) is 0. The fourth-order valence-corrected chi connectivity index (χ4v) is 4.10. The molecule has 2 atom stereocenters. The van der Waals surface area contributed by atoms with E-state index in [1.165, 1.54) is 5.56 Å². The number of nitrogens with two attached hydrogens (primary N) is 1. The summed E-state index contributed by atoms with van der Waals surface area (Å²) in [5.74, 6) is 0.526. The van der Waals surface area contributed by atoms with Crippen LogP contribution in [0.2, 0.25) is 0 Å². The van der Waals surface area contributed by atoms with Gasteiger partial charge in [0.05, 0.1) is 7.57 Å². The van der Waals surface area contributed by atoms with Crippen molar-refractivity contribution in [1.29, 1.82) is 0 Å². The van der Waals surface area contributed by atoms with Crippen molar-refractivity contribution in [3.8, 4) is 0 Å². The van der Waals surface area contributed by atoms with Crippen LogP contribution in [0.15, 0.2) is 13.6 Å². The molecule has 2 unspecified atom stereocenters. The van der Waals surface area contributed by atoms with Crippen LogP contribution in [-0.4, -0.2) is 0 Å². The molecule has 1 aromatic heterocycles. The molecule has 0 aliphatic heterocycles. The second-order valence-corrected chi connectivity index (χ2v) is 6.94. The number of hydrogen-bond donors (Lipinski definition) is 1. The van der Waals surface area contributed by atoms with Crippen molar-refractivity contribution in [1.82, 2.24) is 0 Å². The van der Waals surface area contributed by atoms with E-state index in [0.29, 0.717) is 5.92 Å². The first kappa shape index (κ1) is 11.7. The fraction of sp³-hybridized carbons (Fsp3) is 0.556. The maximum absolute atomic E-state index is 6.12. The Hall–Kier alpha value is 0.620. The molecule has 0 aromatic carbocycles. The lowest BCUT2D eigenvalue weighted by atomic mass is 9.95. The third-order valence-corrected chi connectivity index (χ3v) is 4.68. The molecule has 0 aliphatic carbocycles. The molecule has 13 heavy (non-hydrogen) atoms. The van der Waals surface area contributed by atoms with Crippen molar-refractivity contribution >= 4 is 43.2 Å². The number of hydrogen-bond acceptors (Lipinski definition) is 2. The van der Waals surface area contributed by atoms with Crippen LogP contribution in [0, 0.1) is 5.92 Å². The standard InChI is InChI=1S/C9H13Br2NS/c1-3-5(2)8(12)6-4-7(10)13-9(6)11/h4-5,8H,3,12H2,1-2H3. The molecule has 1 rings (SSSR count). The van der Waals surface area contributed by atoms with Crippen LogP contribution in [0.4, 0.5) is 0 Å². The first-order valence-electron chi connectivity index (χ1n) is 4.26. The third-order valence-electron chi connectivity index (χ3n) is 2.30. The molecule has 1 nitrogen and oxygen atoms in total. The van der Waals surface area contributed by atoms with Crippen molar-refractivity contribution in [2.24, 2.45) is 11.7 Å². The second kappa shape index (κ2) is 4.91. The van der Waals surface area contributed by atoms with E-state index in [1.807, 2.05) is 0 Å². The van der Waals surface area contributed by atoms with Crippen LogP contribution in [0.25, 0.3) is 0 Å². The molecule has 0 saturated heterocycles. The van der Waals surface area contributed by atoms with Crippen LogP contribution in [0.5, 0.6) is 0 Å². The van der Waals surface area contributed by atoms with Crippen LogP contribution in [0.1, 0.15) is 31.9 Å². The van der Waals surface area contributed by atoms with E-state index in [0.717, 1.165) is 14.0 Å². The van der Waals surface area contributed by atoms with Gasteiger partial charge in [-0.2, -0.15) is 0 Å². The second-order valence-electron chi connectivity index (χ2n) is 3.19. The maximum atomic E-state index is 6.12. The molecule has 1 heterocycles. The Morgan fingerprint density at radius 3 is 2.54 bits per heavy atom. The zero-order valence-electron chi connectivity index (χ0n) is 7.68. The van der Waals surface area contributed by atoms with E-state index in [4.69, 9.17) is 5.73 Å². The van der Waals surface area contributed by atoms with Gasteiger partial charge in [-0.15, -0.1) is 11.3 Å². The smallest absolute Gasteiger partial charge is 0.0758 e. The molecular weight excluding hydrogens is 314 g/mol. The van der Waals surface area contributed by atoms with Gasteiger partial charge in [0.2, 0.25) is 0 Å². The molecular formula is C9H13Br2NS. The average molecular weight is 327 g/mol. The van der Waals surface area contributed by atoms with Gasteiger partial charge in [-0.1, -0.05) is 20.3 Å². The van der Waals surface area contributed by atoms with Crippen molar-refractivity contribution in [3.63, 3.8) is 0 Å². The summed E-state index contributed by atoms with van der Waals surface area (Å²) < 4.78 is 2.28. The van der Waals surface area contributed by atoms with Gasteiger partial charge >= 0.3 is 0 Å². The van der Waals surface area contributed by atoms with E-state index in [1.54, 1.807) is 11.3 Å². The Morgan fingerprint density at radius 1 is 1.54 bits per heavy atom. The average Bonchev–Trinajstić information content (AvgIpc) is 2.42. The van der Waals surface area contributed by atoms with Gasteiger partial charge in [-0.05, 0) is 49.4 Å². The summed E-state index contributed by atoms with van der Waals surface area (Å²) in [6.45, 7) is 4.35. The highest BCUT2D eigenvalue weighted by Crippen LogP contribution is 2.37. The Morgan fingerprint density at radius 2 is 2.15 bits per heavy atom. The first-order valence-corrected chi connectivity index (χ1v) is 6.66. The number of rotatable bonds is 3. The minimum absolute atomic E-state index is 0.141. The Kier molecular flexibility index (Phi) is 4.42. The summed E-state index contributed by atoms with van der Waals surface area (Å²) in [6.07, 6.45) is 1.11. The van der Waals surface area contributed by atoms with Crippen LogP contribution in [-0.2, 0) is 0 Å². The maximum Gasteiger partial charge on any atom is 0.0758 e. The molecule has 0 fully saturated rings. The zero-order chi connectivity index (χ0) is 10.0. The van der Waals surface area contributed by atoms with Gasteiger partial charge in [0, 0.05) is 6.04 Å². The molecule has 1 aromatic rings. The van der Waals surface area contributed by atoms with Gasteiger partial charge in [0.1, 0.15) is 0 Å². The monoisotopic (exact) mass is 325 g/mol. The molecule has 0 bridgehead atoms. The summed E-state index contributed by atoms with van der Waals surface area (Å²) in [6, 6.07) is 2.24. The lowest BCUT2D eigenvalue weighted by Crippen LogP contribution is -2.18. The number of halogens is 2. The normalized spacial score (nSPS) is 15.8. The molecule has 2 N–H and O–H groups in total. The lowest BCUT2D eigenvalue weighted by Gasteiger charge is -2.17. The predicted molar refractivity (Wildman–Crippen MR) is 66.1 cm³/mol. The van der Waals surface area contributed by atoms with Crippen molar-refractivity contribution in [2.75, 3.05) is 0 Å². The fourth-order valence-electron chi connectivity index (χ4n) is 1.14. The topological polar surface area (TPSA) is 26.0 Å². The van der Waals surface area contributed by atoms with E-state index in [9.17, 15) is 0 Å². The van der Waals surface area contributed by atoms with Crippen molar-refractivity contribution in [2.45, 2.75) is 26.3 Å². The lowest BCUT2D eigenvalue weighted by molar-refractivity contribution is 0.456. The van der Waals surface area contributed by atoms with E-state index < -0.39 is 0 Å². The summed E-state index contributed by atoms with van der Waals surface area (Å²) in [5.41, 5.74) is 7.33. The highest BCUT2D eigenvalue weighted by atomic mass is 79.9. The molecule has 0 aliphatic rings. The van der Waals surface area contributed by atoms with E-state index in [2.05, 4.69) is 51.8 Å². The van der Waals surface area contributed by atoms with Gasteiger partial charge in [-0.25, -0.2) is 0 Å². The largest absolute Gasteiger partial charge is 0.324 e. The SMILES string of the molecule is CCC(C)C(N)c1cc(Br)sc1Br. The van der Waals surface area contributed by atoms with Crippen LogP contribution in [0.3, 0.4) is 0 Å². The van der Waals surface area contributed by atoms with Crippen LogP contribution < -0.4 is 5.73 Å². The first-order chi connectivity index (χ1) is 6.06. The molecule has 0 radical (unpaired) electrons. The molecule has 74 valence electrons. The predicted octanol–water partition coefficient (Wildman–Crippen LogP) is 4.32. The third kappa shape index (κ3) is 2.78. The summed E-state index contributed by atoms with van der Waals surface area (Å²) in [4.78, 5) is 0. The zero-order valence-corrected chi connectivity index (χ0v) is 11.7. The van der Waals surface area contributed by atoms with Crippen molar-refractivity contribution < 1.29 is 0 Å². The quantitative estimate of drug-likeness (QED) is 0.879. The Labute approximate surface area is 100.0 Å². The van der Waals surface area contributed by atoms with Gasteiger partial charge in [-0.3, -0.25) is 0 Å². The van der Waals surface area contributed by atoms with E-state index in [-0.39, 0.29) is 6.04 Å². The Bertz CT molecular complexity index is 285. The molecule has 0 spiro atoms. The Balaban J connectivity index is 2.87. The minimum atomic E-state index is 0.141. The number of thiophene rings is 1. The van der Waals surface area contributed by atoms with Gasteiger partial charge in [0.25, 0.3) is 0 Å². The van der Waals surface area contributed by atoms with E-state index >= 15 is 0 Å². The highest BCUT2D eigenvalue weighted by Gasteiger charge is 2.17. The highest BCUT2D eigenvalue weighted by molar-refractivity contribution is 9.12. The van der Waals surface area contributed by atoms with Gasteiger partial charge in [0.15, 0.2) is 0 Å². The molecule has 0 saturated carbocycles.